The zero-order valence-electron chi connectivity index (χ0n) is 56.2. The molecule has 0 aromatic heterocycles. The van der Waals surface area contributed by atoms with Crippen molar-refractivity contribution < 1.29 is 85.7 Å². The Morgan fingerprint density at radius 1 is 0.419 bits per heavy atom. The first-order valence-electron chi connectivity index (χ1n) is 35.9. The lowest BCUT2D eigenvalue weighted by molar-refractivity contribution is -0.146. The molecule has 21 rings (SSSR count). The number of esters is 7. The Kier molecular flexibility index (Phi) is 15.9. The molecular formula is C73H98N2O18. The molecule has 0 radical (unpaired) electrons. The molecule has 0 amide bonds. The van der Waals surface area contributed by atoms with E-state index in [0.29, 0.717) is 121 Å². The molecule has 11 heterocycles. The van der Waals surface area contributed by atoms with Crippen LogP contribution >= 0.6 is 0 Å². The normalized spacial score (nSPS) is 54.5. The lowest BCUT2D eigenvalue weighted by Gasteiger charge is -2.33. The molecule has 93 heavy (non-hydrogen) atoms. The number of fused-ring (bicyclic) bond motifs is 23. The molecule has 11 aliphatic heterocycles. The maximum absolute atomic E-state index is 11.6. The van der Waals surface area contributed by atoms with Crippen LogP contribution in [-0.2, 0) is 85.7 Å². The largest absolute Gasteiger partial charge is 0.465 e. The molecule has 0 aromatic rings. The van der Waals surface area contributed by atoms with Crippen LogP contribution in [0.4, 0.5) is 0 Å². The standard InChI is InChI=1S/C12H18O3.C11H16O3.C11H16O2.C10H11NO3.C10H11NO2.C10H14O2.C9H12O3/c1-3-14-11-6(2)7-4-8(11)10-9(7)5-15-12(10)13;1-5-6-3-7(10(5)13-2)9-8(6)4-14-11(9)12;1-5-6(2)8-3-7(5)9-4-13-11(12)10(8)9;1-10(2)7-4(3-11)5-6(13-7)8(10)14-9(5)12;1-4-5-2-6-8(7(5)3-11)10(12)13-9(4)6;1-5-2-6-3-7(5)8-4-12-10(11)9(6)8;1-9(2)5-3-4-6(11-5)7(9)12-8(4)10/h6-11H,3-5H2,1-2H3;5-10H,3-4H2,1-2H3;5-10H,3-4H2,1-2H3;4-8H,1-2H3;4-9H,2H2,1H3;5-9H,2-4H2,1H3;4-7H,3H2,1-2H3. The Labute approximate surface area is 546 Å². The van der Waals surface area contributed by atoms with E-state index in [-0.39, 0.29) is 149 Å². The SMILES string of the molecule is CC1(C)C2CC3C(=O)OC1C3O2.CC1(C)C2OC3C(C(=O)OC31)C2C#N.CC1C(C)C2CC1C1COC(=O)C21.CC1C2CC3C1OC(=O)C3C2C#N.CC1CC2CC1C1COC(=O)C21.CCOC1C(C)C2CC1C1C(=O)OCC21.COC1C(C)C2CC1C1C(=O)OCC21. The van der Waals surface area contributed by atoms with Crippen LogP contribution in [0, 0.1) is 205 Å². The van der Waals surface area contributed by atoms with Gasteiger partial charge in [0, 0.05) is 54.1 Å². The minimum absolute atomic E-state index is 0.0220. The number of hydrogen-bond donors (Lipinski definition) is 0. The van der Waals surface area contributed by atoms with E-state index in [4.69, 9.17) is 62.6 Å². The molecule has 21 aliphatic rings. The van der Waals surface area contributed by atoms with Gasteiger partial charge in [0.2, 0.25) is 0 Å². The van der Waals surface area contributed by atoms with Gasteiger partial charge in [-0.15, -0.1) is 0 Å². The van der Waals surface area contributed by atoms with Crippen LogP contribution in [0.2, 0.25) is 0 Å². The minimum Gasteiger partial charge on any atom is -0.465 e. The van der Waals surface area contributed by atoms with Crippen molar-refractivity contribution in [3.05, 3.63) is 0 Å². The molecule has 20 heteroatoms. The third-order valence-corrected chi connectivity index (χ3v) is 29.9. The molecule has 11 saturated heterocycles. The first kappa shape index (κ1) is 64.1. The number of nitrogens with zero attached hydrogens (tertiary/aromatic N) is 2. The Balaban J connectivity index is 0.0000000899. The number of carbonyl (C=O) groups excluding carboxylic acids is 7. The highest BCUT2D eigenvalue weighted by atomic mass is 16.6. The number of ether oxygens (including phenoxy) is 11. The van der Waals surface area contributed by atoms with Crippen LogP contribution in [0.1, 0.15) is 121 Å². The lowest BCUT2D eigenvalue weighted by Crippen LogP contribution is -2.43. The molecule has 0 N–H and O–H groups in total. The molecule has 14 bridgehead atoms. The van der Waals surface area contributed by atoms with Crippen molar-refractivity contribution in [2.75, 3.05) is 40.1 Å². The van der Waals surface area contributed by atoms with Gasteiger partial charge in [0.25, 0.3) is 0 Å². The van der Waals surface area contributed by atoms with Crippen LogP contribution < -0.4 is 0 Å². The Bertz CT molecular complexity index is 3140. The monoisotopic (exact) mass is 1290 g/mol. The zero-order chi connectivity index (χ0) is 65.7. The maximum atomic E-state index is 11.6. The summed E-state index contributed by atoms with van der Waals surface area (Å²) in [7, 11) is 1.76. The summed E-state index contributed by atoms with van der Waals surface area (Å²) in [6.45, 7) is 27.4. The van der Waals surface area contributed by atoms with Crippen molar-refractivity contribution in [2.24, 2.45) is 182 Å². The topological polar surface area (TPSA) is 269 Å². The van der Waals surface area contributed by atoms with Crippen molar-refractivity contribution in [3.63, 3.8) is 0 Å². The van der Waals surface area contributed by atoms with E-state index in [1.54, 1.807) is 7.11 Å². The van der Waals surface area contributed by atoms with Crippen molar-refractivity contribution in [3.8, 4) is 12.1 Å². The van der Waals surface area contributed by atoms with E-state index in [2.05, 4.69) is 67.5 Å². The van der Waals surface area contributed by atoms with Crippen molar-refractivity contribution in [1.82, 2.24) is 0 Å². The number of rotatable bonds is 3. The average molecular weight is 1290 g/mol. The minimum atomic E-state index is -0.331. The fourth-order valence-corrected chi connectivity index (χ4v) is 25.2. The number of nitriles is 2. The highest BCUT2D eigenvalue weighted by Gasteiger charge is 2.73. The lowest BCUT2D eigenvalue weighted by atomic mass is 9.67. The fraction of sp³-hybridized carbons (Fsp3) is 0.877. The van der Waals surface area contributed by atoms with Gasteiger partial charge in [0.15, 0.2) is 0 Å². The highest BCUT2D eigenvalue weighted by molar-refractivity contribution is 5.80. The maximum Gasteiger partial charge on any atom is 0.313 e. The van der Waals surface area contributed by atoms with Crippen molar-refractivity contribution in [2.45, 2.75) is 176 Å². The highest BCUT2D eigenvalue weighted by Crippen LogP contribution is 2.65. The molecule has 508 valence electrons. The second-order valence-electron chi connectivity index (χ2n) is 33.9. The molecule has 38 unspecified atom stereocenters. The van der Waals surface area contributed by atoms with Crippen LogP contribution in [0.15, 0.2) is 0 Å². The van der Waals surface area contributed by atoms with Crippen LogP contribution in [0.5, 0.6) is 0 Å². The van der Waals surface area contributed by atoms with Crippen LogP contribution in [-0.4, -0.2) is 137 Å². The molecule has 20 nitrogen and oxygen atoms in total. The predicted molar refractivity (Wildman–Crippen MR) is 323 cm³/mol. The van der Waals surface area contributed by atoms with Gasteiger partial charge < -0.3 is 52.1 Å². The quantitative estimate of drug-likeness (QED) is 0.192. The van der Waals surface area contributed by atoms with Gasteiger partial charge in [-0.3, -0.25) is 33.6 Å². The summed E-state index contributed by atoms with van der Waals surface area (Å²) in [5.41, 5.74) is -0.180. The second kappa shape index (κ2) is 23.1. The van der Waals surface area contributed by atoms with Gasteiger partial charge >= 0.3 is 41.8 Å². The van der Waals surface area contributed by atoms with Gasteiger partial charge in [0.05, 0.1) is 110 Å². The first-order valence-corrected chi connectivity index (χ1v) is 35.9. The van der Waals surface area contributed by atoms with Gasteiger partial charge in [-0.05, 0) is 141 Å². The summed E-state index contributed by atoms with van der Waals surface area (Å²) in [6, 6.07) is 4.47. The molecule has 10 aliphatic carbocycles. The van der Waals surface area contributed by atoms with Crippen molar-refractivity contribution >= 4 is 41.8 Å². The zero-order valence-corrected chi connectivity index (χ0v) is 56.2. The summed E-state index contributed by atoms with van der Waals surface area (Å²) in [6.07, 6.45) is 8.68. The number of carbonyl (C=O) groups is 7. The Morgan fingerprint density at radius 2 is 0.914 bits per heavy atom. The molecule has 10 saturated carbocycles. The number of hydrogen-bond acceptors (Lipinski definition) is 20. The summed E-state index contributed by atoms with van der Waals surface area (Å²) >= 11 is 0. The van der Waals surface area contributed by atoms with E-state index in [0.717, 1.165) is 55.6 Å². The smallest absolute Gasteiger partial charge is 0.313 e. The fourth-order valence-electron chi connectivity index (χ4n) is 25.2. The van der Waals surface area contributed by atoms with E-state index in [1.165, 1.54) is 32.1 Å². The third-order valence-electron chi connectivity index (χ3n) is 29.9. The Morgan fingerprint density at radius 3 is 1.48 bits per heavy atom. The van der Waals surface area contributed by atoms with Crippen molar-refractivity contribution in [1.29, 1.82) is 10.5 Å². The molecule has 0 spiro atoms. The van der Waals surface area contributed by atoms with E-state index in [1.807, 2.05) is 20.8 Å². The molecule has 38 atom stereocenters. The van der Waals surface area contributed by atoms with Gasteiger partial charge in [-0.2, -0.15) is 10.5 Å². The first-order chi connectivity index (χ1) is 44.4. The van der Waals surface area contributed by atoms with Gasteiger partial charge in [-0.1, -0.05) is 69.2 Å². The Hall–Kier alpha value is -4.89. The summed E-state index contributed by atoms with van der Waals surface area (Å²) in [4.78, 5) is 80.2. The van der Waals surface area contributed by atoms with Gasteiger partial charge in [0.1, 0.15) is 36.4 Å². The number of methoxy groups -OCH3 is 1. The summed E-state index contributed by atoms with van der Waals surface area (Å²) < 4.78 is 59.1. The van der Waals surface area contributed by atoms with E-state index in [9.17, 15) is 33.6 Å². The van der Waals surface area contributed by atoms with E-state index >= 15 is 0 Å². The summed E-state index contributed by atoms with van der Waals surface area (Å²) in [5, 5.41) is 18.0. The molecular weight excluding hydrogens is 1190 g/mol. The predicted octanol–water partition coefficient (Wildman–Crippen LogP) is 7.85. The molecule has 0 aromatic carbocycles. The van der Waals surface area contributed by atoms with E-state index < -0.39 is 0 Å². The average Bonchev–Trinajstić information content (AvgIpc) is 1.56. The summed E-state index contributed by atoms with van der Waals surface area (Å²) in [5.74, 6) is 11.9. The van der Waals surface area contributed by atoms with Crippen LogP contribution in [0.25, 0.3) is 0 Å². The second-order valence-corrected chi connectivity index (χ2v) is 33.9. The van der Waals surface area contributed by atoms with Gasteiger partial charge in [-0.25, -0.2) is 0 Å². The third kappa shape index (κ3) is 9.33. The number of cyclic esters (lactones) is 4. The molecule has 21 fully saturated rings. The van der Waals surface area contributed by atoms with Crippen LogP contribution in [0.3, 0.4) is 0 Å².